The molecule has 1 aromatic heterocycles. The highest BCUT2D eigenvalue weighted by atomic mass is 32.2. The predicted molar refractivity (Wildman–Crippen MR) is 128 cm³/mol. The number of rotatable bonds is 7. The van der Waals surface area contributed by atoms with Crippen molar-refractivity contribution < 1.29 is 26.4 Å². The highest BCUT2D eigenvalue weighted by Crippen LogP contribution is 2.41. The molecule has 1 N–H and O–H groups in total. The van der Waals surface area contributed by atoms with Crippen molar-refractivity contribution in [2.45, 2.75) is 50.0 Å². The van der Waals surface area contributed by atoms with Crippen LogP contribution in [-0.2, 0) is 40.3 Å². The number of carbonyl (C=O) groups is 1. The summed E-state index contributed by atoms with van der Waals surface area (Å²) < 4.78 is 62.3. The van der Waals surface area contributed by atoms with Crippen molar-refractivity contribution in [1.29, 1.82) is 0 Å². The maximum Gasteiger partial charge on any atom is 0.416 e. The second kappa shape index (κ2) is 9.71. The number of alkyl halides is 3. The van der Waals surface area contributed by atoms with Gasteiger partial charge in [0.15, 0.2) is 15.0 Å². The van der Waals surface area contributed by atoms with Crippen LogP contribution >= 0.6 is 11.3 Å². The summed E-state index contributed by atoms with van der Waals surface area (Å²) >= 11 is 1.36. The van der Waals surface area contributed by atoms with Crippen LogP contribution in [0.3, 0.4) is 0 Å². The Balaban J connectivity index is 1.40. The summed E-state index contributed by atoms with van der Waals surface area (Å²) in [4.78, 5) is 20.4. The summed E-state index contributed by atoms with van der Waals surface area (Å²) in [6.45, 7) is 2.91. The Hall–Kier alpha value is -2.76. The van der Waals surface area contributed by atoms with E-state index in [2.05, 4.69) is 15.2 Å². The minimum absolute atomic E-state index is 0.0509. The molecular weight excluding hydrogens is 499 g/mol. The van der Waals surface area contributed by atoms with Gasteiger partial charge in [0, 0.05) is 24.2 Å². The van der Waals surface area contributed by atoms with Crippen LogP contribution in [0.25, 0.3) is 0 Å². The fourth-order valence-electron chi connectivity index (χ4n) is 4.16. The number of fused-ring (bicyclic) bond motifs is 1. The number of anilines is 1. The van der Waals surface area contributed by atoms with E-state index in [-0.39, 0.29) is 23.3 Å². The second-order valence-corrected chi connectivity index (χ2v) is 11.6. The standard InChI is InChI=1S/C24H24F3N3O3S2/c1-3-19-22-20(14-30(19)13-16-5-4-6-17(11-16)24(25,26)27)34-23(29-22)28-21(31)12-15-7-9-18(10-8-15)35(2,32)33/h4-11,19H,3,12-14H2,1-2H3,(H,28,29,31)/t19-/m1/s1. The molecule has 0 spiro atoms. The normalized spacial score (nSPS) is 16.3. The predicted octanol–water partition coefficient (Wildman–Crippen LogP) is 5.21. The van der Waals surface area contributed by atoms with Gasteiger partial charge in [0.1, 0.15) is 0 Å². The smallest absolute Gasteiger partial charge is 0.302 e. The molecule has 1 atom stereocenters. The SMILES string of the molecule is CC[C@@H]1c2nc(NC(=O)Cc3ccc(S(C)(=O)=O)cc3)sc2CN1Cc1cccc(C(F)(F)F)c1. The number of hydrogen-bond donors (Lipinski definition) is 1. The fraction of sp³-hybridized carbons (Fsp3) is 0.333. The van der Waals surface area contributed by atoms with Gasteiger partial charge in [-0.25, -0.2) is 13.4 Å². The minimum Gasteiger partial charge on any atom is -0.302 e. The third kappa shape index (κ3) is 5.91. The van der Waals surface area contributed by atoms with Gasteiger partial charge in [-0.05, 0) is 35.7 Å². The van der Waals surface area contributed by atoms with Crippen molar-refractivity contribution in [3.8, 4) is 0 Å². The van der Waals surface area contributed by atoms with E-state index in [4.69, 9.17) is 0 Å². The maximum absolute atomic E-state index is 13.1. The highest BCUT2D eigenvalue weighted by Gasteiger charge is 2.34. The first-order valence-electron chi connectivity index (χ1n) is 10.9. The van der Waals surface area contributed by atoms with E-state index >= 15 is 0 Å². The molecule has 0 saturated carbocycles. The Kier molecular flexibility index (Phi) is 7.03. The summed E-state index contributed by atoms with van der Waals surface area (Å²) in [5.74, 6) is -0.265. The monoisotopic (exact) mass is 523 g/mol. The molecule has 0 radical (unpaired) electrons. The molecule has 0 saturated heterocycles. The van der Waals surface area contributed by atoms with Crippen molar-refractivity contribution in [2.75, 3.05) is 11.6 Å². The van der Waals surface area contributed by atoms with Gasteiger partial charge in [-0.1, -0.05) is 37.3 Å². The molecule has 6 nitrogen and oxygen atoms in total. The number of amides is 1. The Morgan fingerprint density at radius 3 is 2.51 bits per heavy atom. The Morgan fingerprint density at radius 1 is 1.17 bits per heavy atom. The molecule has 2 aromatic carbocycles. The molecule has 186 valence electrons. The van der Waals surface area contributed by atoms with Crippen molar-refractivity contribution in [3.05, 3.63) is 75.8 Å². The molecule has 0 aliphatic carbocycles. The summed E-state index contributed by atoms with van der Waals surface area (Å²) in [7, 11) is -3.30. The van der Waals surface area contributed by atoms with Crippen LogP contribution in [0.15, 0.2) is 53.4 Å². The van der Waals surface area contributed by atoms with E-state index in [0.29, 0.717) is 29.3 Å². The molecule has 11 heteroatoms. The van der Waals surface area contributed by atoms with Crippen LogP contribution in [0.1, 0.15) is 46.6 Å². The summed E-state index contributed by atoms with van der Waals surface area (Å²) in [6.07, 6.45) is -2.45. The van der Waals surface area contributed by atoms with Crippen molar-refractivity contribution in [3.63, 3.8) is 0 Å². The number of benzene rings is 2. The zero-order valence-electron chi connectivity index (χ0n) is 19.1. The van der Waals surface area contributed by atoms with Gasteiger partial charge in [0.2, 0.25) is 5.91 Å². The van der Waals surface area contributed by atoms with E-state index in [1.165, 1.54) is 35.6 Å². The maximum atomic E-state index is 13.1. The van der Waals surface area contributed by atoms with Crippen LogP contribution in [0, 0.1) is 0 Å². The molecule has 1 amide bonds. The summed E-state index contributed by atoms with van der Waals surface area (Å²) in [6, 6.07) is 11.5. The van der Waals surface area contributed by atoms with Gasteiger partial charge in [-0.3, -0.25) is 9.69 Å². The molecule has 0 bridgehead atoms. The molecule has 1 aliphatic rings. The third-order valence-electron chi connectivity index (χ3n) is 5.82. The minimum atomic E-state index is -4.38. The molecule has 0 fully saturated rings. The molecule has 3 aromatic rings. The number of thiazole rings is 1. The number of halogens is 3. The van der Waals surface area contributed by atoms with Gasteiger partial charge in [-0.15, -0.1) is 11.3 Å². The van der Waals surface area contributed by atoms with Gasteiger partial charge >= 0.3 is 6.18 Å². The Labute approximate surface area is 205 Å². The first kappa shape index (κ1) is 25.3. The lowest BCUT2D eigenvalue weighted by Crippen LogP contribution is -2.22. The zero-order chi connectivity index (χ0) is 25.4. The number of carbonyl (C=O) groups excluding carboxylic acids is 1. The Morgan fingerprint density at radius 2 is 1.89 bits per heavy atom. The van der Waals surface area contributed by atoms with E-state index in [0.717, 1.165) is 29.3 Å². The zero-order valence-corrected chi connectivity index (χ0v) is 20.7. The summed E-state index contributed by atoms with van der Waals surface area (Å²) in [5, 5.41) is 3.28. The van der Waals surface area contributed by atoms with Gasteiger partial charge in [-0.2, -0.15) is 13.2 Å². The number of nitrogens with zero attached hydrogens (tertiary/aromatic N) is 2. The lowest BCUT2D eigenvalue weighted by atomic mass is 10.1. The first-order chi connectivity index (χ1) is 16.4. The first-order valence-corrected chi connectivity index (χ1v) is 13.6. The number of aromatic nitrogens is 1. The lowest BCUT2D eigenvalue weighted by molar-refractivity contribution is -0.137. The largest absolute Gasteiger partial charge is 0.416 e. The fourth-order valence-corrected chi connectivity index (χ4v) is 5.85. The molecule has 35 heavy (non-hydrogen) atoms. The van der Waals surface area contributed by atoms with Crippen LogP contribution in [0.5, 0.6) is 0 Å². The van der Waals surface area contributed by atoms with Crippen molar-refractivity contribution in [2.24, 2.45) is 0 Å². The molecule has 4 rings (SSSR count). The van der Waals surface area contributed by atoms with Crippen LogP contribution < -0.4 is 5.32 Å². The van der Waals surface area contributed by atoms with E-state index < -0.39 is 21.6 Å². The number of nitrogens with one attached hydrogen (secondary N) is 1. The molecule has 2 heterocycles. The van der Waals surface area contributed by atoms with Gasteiger partial charge < -0.3 is 5.32 Å². The number of sulfone groups is 1. The topological polar surface area (TPSA) is 79.4 Å². The van der Waals surface area contributed by atoms with Crippen LogP contribution in [-0.4, -0.2) is 30.5 Å². The second-order valence-electron chi connectivity index (χ2n) is 8.50. The van der Waals surface area contributed by atoms with E-state index in [1.54, 1.807) is 18.2 Å². The lowest BCUT2D eigenvalue weighted by Gasteiger charge is -2.24. The van der Waals surface area contributed by atoms with E-state index in [9.17, 15) is 26.4 Å². The third-order valence-corrected chi connectivity index (χ3v) is 7.92. The number of hydrogen-bond acceptors (Lipinski definition) is 6. The van der Waals surface area contributed by atoms with Crippen LogP contribution in [0.4, 0.5) is 18.3 Å². The van der Waals surface area contributed by atoms with Crippen molar-refractivity contribution >= 4 is 32.2 Å². The van der Waals surface area contributed by atoms with Crippen molar-refractivity contribution in [1.82, 2.24) is 9.88 Å². The van der Waals surface area contributed by atoms with Crippen LogP contribution in [0.2, 0.25) is 0 Å². The van der Waals surface area contributed by atoms with E-state index in [1.807, 2.05) is 6.92 Å². The average molecular weight is 524 g/mol. The summed E-state index contributed by atoms with van der Waals surface area (Å²) in [5.41, 5.74) is 1.45. The van der Waals surface area contributed by atoms with Gasteiger partial charge in [0.05, 0.1) is 28.6 Å². The average Bonchev–Trinajstić information content (AvgIpc) is 3.29. The quantitative estimate of drug-likeness (QED) is 0.460. The van der Waals surface area contributed by atoms with Gasteiger partial charge in [0.25, 0.3) is 0 Å². The highest BCUT2D eigenvalue weighted by molar-refractivity contribution is 7.90. The molecule has 0 unspecified atom stereocenters. The molecular formula is C24H24F3N3O3S2. The Bertz CT molecular complexity index is 1340. The molecule has 1 aliphatic heterocycles.